The number of rotatable bonds is 4. The molecule has 1 aliphatic rings. The van der Waals surface area contributed by atoms with Crippen molar-refractivity contribution in [3.8, 4) is 0 Å². The average Bonchev–Trinajstić information content (AvgIpc) is 2.42. The first-order valence-corrected chi connectivity index (χ1v) is 7.17. The van der Waals surface area contributed by atoms with Crippen molar-refractivity contribution in [1.82, 2.24) is 0 Å². The molecule has 0 bridgehead atoms. The number of aliphatic hydroxyl groups excluding tert-OH is 1. The van der Waals surface area contributed by atoms with Crippen LogP contribution < -0.4 is 0 Å². The first kappa shape index (κ1) is 14.5. The highest BCUT2D eigenvalue weighted by Crippen LogP contribution is 2.42. The van der Waals surface area contributed by atoms with E-state index in [1.54, 1.807) is 12.1 Å². The van der Waals surface area contributed by atoms with Crippen molar-refractivity contribution in [1.29, 1.82) is 0 Å². The van der Waals surface area contributed by atoms with Crippen molar-refractivity contribution in [2.24, 2.45) is 0 Å². The summed E-state index contributed by atoms with van der Waals surface area (Å²) in [4.78, 5) is 0. The Morgan fingerprint density at radius 3 is 2.63 bits per heavy atom. The van der Waals surface area contributed by atoms with Crippen LogP contribution in [0.25, 0.3) is 0 Å². The molecular formula is C16H23FO2. The Kier molecular flexibility index (Phi) is 4.58. The minimum absolute atomic E-state index is 0.345. The third-order valence-corrected chi connectivity index (χ3v) is 4.08. The number of ether oxygens (including phenoxy) is 1. The van der Waals surface area contributed by atoms with E-state index in [-0.39, 0.29) is 5.82 Å². The van der Waals surface area contributed by atoms with Gasteiger partial charge in [-0.1, -0.05) is 37.0 Å². The fourth-order valence-corrected chi connectivity index (χ4v) is 3.09. The van der Waals surface area contributed by atoms with E-state index < -0.39 is 11.7 Å². The minimum atomic E-state index is -0.882. The van der Waals surface area contributed by atoms with Gasteiger partial charge in [-0.05, 0) is 32.8 Å². The first-order valence-electron chi connectivity index (χ1n) is 7.17. The number of hydrogen-bond acceptors (Lipinski definition) is 2. The molecule has 0 heterocycles. The average molecular weight is 266 g/mol. The first-order chi connectivity index (χ1) is 9.09. The molecule has 106 valence electrons. The summed E-state index contributed by atoms with van der Waals surface area (Å²) < 4.78 is 19.8. The van der Waals surface area contributed by atoms with Crippen molar-refractivity contribution in [3.05, 3.63) is 35.1 Å². The summed E-state index contributed by atoms with van der Waals surface area (Å²) in [5.74, 6) is -0.345. The predicted molar refractivity (Wildman–Crippen MR) is 73.5 cm³/mol. The van der Waals surface area contributed by atoms with Gasteiger partial charge in [-0.15, -0.1) is 0 Å². The molecule has 0 radical (unpaired) electrons. The Morgan fingerprint density at radius 2 is 2.00 bits per heavy atom. The van der Waals surface area contributed by atoms with Gasteiger partial charge in [0.15, 0.2) is 0 Å². The van der Waals surface area contributed by atoms with Crippen LogP contribution in [0.15, 0.2) is 18.2 Å². The van der Waals surface area contributed by atoms with Gasteiger partial charge in [0.05, 0.1) is 5.60 Å². The van der Waals surface area contributed by atoms with Crippen LogP contribution >= 0.6 is 0 Å². The second-order valence-electron chi connectivity index (χ2n) is 5.49. The van der Waals surface area contributed by atoms with Crippen LogP contribution in [-0.4, -0.2) is 17.3 Å². The van der Waals surface area contributed by atoms with Crippen molar-refractivity contribution in [3.63, 3.8) is 0 Å². The summed E-state index contributed by atoms with van der Waals surface area (Å²) in [5.41, 5.74) is 0.718. The molecule has 1 fully saturated rings. The molecule has 0 saturated heterocycles. The number of aliphatic hydroxyl groups is 1. The number of benzene rings is 1. The van der Waals surface area contributed by atoms with Crippen LogP contribution in [0.1, 0.15) is 56.3 Å². The molecule has 1 aromatic rings. The molecule has 3 heteroatoms. The molecule has 19 heavy (non-hydrogen) atoms. The second kappa shape index (κ2) is 6.02. The van der Waals surface area contributed by atoms with Gasteiger partial charge < -0.3 is 9.84 Å². The molecule has 1 atom stereocenters. The zero-order valence-corrected chi connectivity index (χ0v) is 11.8. The van der Waals surface area contributed by atoms with Crippen LogP contribution in [0.5, 0.6) is 0 Å². The molecule has 1 saturated carbocycles. The Morgan fingerprint density at radius 1 is 1.32 bits per heavy atom. The zero-order chi connectivity index (χ0) is 13.9. The third-order valence-electron chi connectivity index (χ3n) is 4.08. The summed E-state index contributed by atoms with van der Waals surface area (Å²) in [6.07, 6.45) is 3.95. The lowest BCUT2D eigenvalue weighted by Gasteiger charge is -2.41. The lowest BCUT2D eigenvalue weighted by molar-refractivity contribution is -0.142. The molecular weight excluding hydrogens is 243 g/mol. The molecule has 1 aliphatic carbocycles. The normalized spacial score (nSPS) is 20.2. The standard InChI is InChI=1S/C16H23FO2/c1-3-19-16(9-5-4-6-10-16)15(18)13-11-12(2)7-8-14(13)17/h7-8,11,15,18H,3-6,9-10H2,1-2H3. The summed E-state index contributed by atoms with van der Waals surface area (Å²) >= 11 is 0. The molecule has 1 aromatic carbocycles. The van der Waals surface area contributed by atoms with Gasteiger partial charge in [-0.3, -0.25) is 0 Å². The molecule has 0 aromatic heterocycles. The Bertz CT molecular complexity index is 419. The van der Waals surface area contributed by atoms with Gasteiger partial charge in [0.2, 0.25) is 0 Å². The lowest BCUT2D eigenvalue weighted by atomic mass is 9.78. The van der Waals surface area contributed by atoms with E-state index in [1.165, 1.54) is 6.07 Å². The smallest absolute Gasteiger partial charge is 0.129 e. The van der Waals surface area contributed by atoms with E-state index >= 15 is 0 Å². The Balaban J connectivity index is 2.32. The van der Waals surface area contributed by atoms with Crippen molar-refractivity contribution in [2.75, 3.05) is 6.61 Å². The summed E-state index contributed by atoms with van der Waals surface area (Å²) in [5, 5.41) is 10.7. The molecule has 1 N–H and O–H groups in total. The van der Waals surface area contributed by atoms with Gasteiger partial charge in [-0.2, -0.15) is 0 Å². The highest BCUT2D eigenvalue weighted by molar-refractivity contribution is 5.28. The summed E-state index contributed by atoms with van der Waals surface area (Å²) in [6.45, 7) is 4.38. The molecule has 2 rings (SSSR count). The maximum atomic E-state index is 14.0. The van der Waals surface area contributed by atoms with Gasteiger partial charge >= 0.3 is 0 Å². The predicted octanol–water partition coefficient (Wildman–Crippen LogP) is 3.91. The van der Waals surface area contributed by atoms with Crippen LogP contribution in [0, 0.1) is 12.7 Å². The second-order valence-corrected chi connectivity index (χ2v) is 5.49. The van der Waals surface area contributed by atoms with E-state index in [1.807, 2.05) is 13.8 Å². The Hall–Kier alpha value is -0.930. The topological polar surface area (TPSA) is 29.5 Å². The van der Waals surface area contributed by atoms with Crippen molar-refractivity contribution >= 4 is 0 Å². The fraction of sp³-hybridized carbons (Fsp3) is 0.625. The lowest BCUT2D eigenvalue weighted by Crippen LogP contribution is -2.41. The van der Waals surface area contributed by atoms with E-state index in [2.05, 4.69) is 0 Å². The van der Waals surface area contributed by atoms with Gasteiger partial charge in [0.1, 0.15) is 11.9 Å². The molecule has 0 amide bonds. The summed E-state index contributed by atoms with van der Waals surface area (Å²) in [7, 11) is 0. The molecule has 0 aliphatic heterocycles. The largest absolute Gasteiger partial charge is 0.385 e. The zero-order valence-electron chi connectivity index (χ0n) is 11.8. The van der Waals surface area contributed by atoms with E-state index in [9.17, 15) is 9.50 Å². The molecule has 2 nitrogen and oxygen atoms in total. The number of aryl methyl sites for hydroxylation is 1. The van der Waals surface area contributed by atoms with Crippen LogP contribution in [-0.2, 0) is 4.74 Å². The highest BCUT2D eigenvalue weighted by atomic mass is 19.1. The van der Waals surface area contributed by atoms with Crippen molar-refractivity contribution < 1.29 is 14.2 Å². The maximum Gasteiger partial charge on any atom is 0.129 e. The Labute approximate surface area is 114 Å². The van der Waals surface area contributed by atoms with Gasteiger partial charge in [-0.25, -0.2) is 4.39 Å². The SMILES string of the molecule is CCOC1(C(O)c2cc(C)ccc2F)CCCCC1. The van der Waals surface area contributed by atoms with E-state index in [0.29, 0.717) is 12.2 Å². The maximum absolute atomic E-state index is 14.0. The minimum Gasteiger partial charge on any atom is -0.385 e. The van der Waals surface area contributed by atoms with Crippen LogP contribution in [0.2, 0.25) is 0 Å². The van der Waals surface area contributed by atoms with Gasteiger partial charge in [0.25, 0.3) is 0 Å². The van der Waals surface area contributed by atoms with Crippen molar-refractivity contribution in [2.45, 2.75) is 57.7 Å². The fourth-order valence-electron chi connectivity index (χ4n) is 3.09. The van der Waals surface area contributed by atoms with Crippen LogP contribution in [0.4, 0.5) is 4.39 Å². The molecule has 0 spiro atoms. The number of hydrogen-bond donors (Lipinski definition) is 1. The monoisotopic (exact) mass is 266 g/mol. The number of halogens is 1. The summed E-state index contributed by atoms with van der Waals surface area (Å²) in [6, 6.07) is 4.88. The van der Waals surface area contributed by atoms with E-state index in [4.69, 9.17) is 4.74 Å². The third kappa shape index (κ3) is 2.98. The molecule has 1 unspecified atom stereocenters. The van der Waals surface area contributed by atoms with Gasteiger partial charge in [0, 0.05) is 12.2 Å². The van der Waals surface area contributed by atoms with E-state index in [0.717, 1.165) is 37.7 Å². The highest BCUT2D eigenvalue weighted by Gasteiger charge is 2.41. The van der Waals surface area contributed by atoms with Crippen LogP contribution in [0.3, 0.4) is 0 Å². The quantitative estimate of drug-likeness (QED) is 0.895.